The molecule has 0 fully saturated rings. The van der Waals surface area contributed by atoms with Crippen molar-refractivity contribution in [3.8, 4) is 0 Å². The monoisotopic (exact) mass is 327 g/mol. The second-order valence-electron chi connectivity index (χ2n) is 4.12. The molecule has 0 unspecified atom stereocenters. The zero-order chi connectivity index (χ0) is 16.3. The standard InChI is InChI=1S/C13H8F3N3O2S/c14-7-1-4-11(10(16)5-7)17-13(22)18-12-6-8(19(20)21)2-3-9(12)15/h1-6H,(H2,17,18,22). The van der Waals surface area contributed by atoms with E-state index in [1.807, 2.05) is 0 Å². The van der Waals surface area contributed by atoms with Gasteiger partial charge in [-0.25, -0.2) is 13.2 Å². The minimum absolute atomic E-state index is 0.121. The molecule has 2 rings (SSSR count). The van der Waals surface area contributed by atoms with Crippen LogP contribution in [0.3, 0.4) is 0 Å². The summed E-state index contributed by atoms with van der Waals surface area (Å²) in [5.74, 6) is -2.41. The topological polar surface area (TPSA) is 67.2 Å². The third kappa shape index (κ3) is 3.70. The summed E-state index contributed by atoms with van der Waals surface area (Å²) < 4.78 is 39.8. The average Bonchev–Trinajstić information content (AvgIpc) is 2.44. The third-order valence-corrected chi connectivity index (χ3v) is 2.79. The summed E-state index contributed by atoms with van der Waals surface area (Å²) in [5, 5.41) is 15.2. The predicted octanol–water partition coefficient (Wildman–Crippen LogP) is 3.82. The molecule has 2 aromatic carbocycles. The molecular weight excluding hydrogens is 319 g/mol. The second kappa shape index (κ2) is 6.39. The molecule has 0 aliphatic rings. The van der Waals surface area contributed by atoms with Crippen LogP contribution in [0.1, 0.15) is 0 Å². The minimum atomic E-state index is -0.885. The van der Waals surface area contributed by atoms with Gasteiger partial charge in [0.05, 0.1) is 16.3 Å². The van der Waals surface area contributed by atoms with Crippen molar-refractivity contribution in [2.75, 3.05) is 10.6 Å². The van der Waals surface area contributed by atoms with Gasteiger partial charge in [-0.2, -0.15) is 0 Å². The highest BCUT2D eigenvalue weighted by Gasteiger charge is 2.12. The predicted molar refractivity (Wildman–Crippen MR) is 79.3 cm³/mol. The van der Waals surface area contributed by atoms with Crippen LogP contribution < -0.4 is 10.6 Å². The summed E-state index contributed by atoms with van der Waals surface area (Å²) in [7, 11) is 0. The summed E-state index contributed by atoms with van der Waals surface area (Å²) >= 11 is 4.86. The average molecular weight is 327 g/mol. The van der Waals surface area contributed by atoms with E-state index in [4.69, 9.17) is 12.2 Å². The van der Waals surface area contributed by atoms with Crippen LogP contribution in [0.5, 0.6) is 0 Å². The van der Waals surface area contributed by atoms with Crippen molar-refractivity contribution in [1.82, 2.24) is 0 Å². The van der Waals surface area contributed by atoms with Crippen LogP contribution in [0.15, 0.2) is 36.4 Å². The molecule has 2 aromatic rings. The molecule has 0 spiro atoms. The van der Waals surface area contributed by atoms with E-state index < -0.39 is 22.4 Å². The molecule has 0 aliphatic carbocycles. The van der Waals surface area contributed by atoms with Gasteiger partial charge in [0.25, 0.3) is 5.69 Å². The number of thiocarbonyl (C=S) groups is 1. The lowest BCUT2D eigenvalue weighted by molar-refractivity contribution is -0.384. The Balaban J connectivity index is 2.15. The normalized spacial score (nSPS) is 10.1. The first-order valence-electron chi connectivity index (χ1n) is 5.84. The van der Waals surface area contributed by atoms with Gasteiger partial charge in [-0.05, 0) is 30.4 Å². The number of non-ortho nitro benzene ring substituents is 1. The zero-order valence-electron chi connectivity index (χ0n) is 10.8. The van der Waals surface area contributed by atoms with Crippen molar-refractivity contribution in [2.45, 2.75) is 0 Å². The number of nitrogens with zero attached hydrogens (tertiary/aromatic N) is 1. The van der Waals surface area contributed by atoms with E-state index in [1.165, 1.54) is 0 Å². The lowest BCUT2D eigenvalue weighted by Gasteiger charge is -2.11. The molecule has 0 atom stereocenters. The smallest absolute Gasteiger partial charge is 0.271 e. The van der Waals surface area contributed by atoms with Crippen LogP contribution in [0.2, 0.25) is 0 Å². The molecule has 22 heavy (non-hydrogen) atoms. The van der Waals surface area contributed by atoms with Crippen molar-refractivity contribution < 1.29 is 18.1 Å². The first-order valence-corrected chi connectivity index (χ1v) is 6.24. The van der Waals surface area contributed by atoms with Gasteiger partial charge in [0, 0.05) is 18.2 Å². The number of hydrogen-bond acceptors (Lipinski definition) is 3. The number of benzene rings is 2. The number of anilines is 2. The fourth-order valence-corrected chi connectivity index (χ4v) is 1.81. The number of nitrogens with one attached hydrogen (secondary N) is 2. The van der Waals surface area contributed by atoms with Gasteiger partial charge in [0.2, 0.25) is 0 Å². The Morgan fingerprint density at radius 3 is 2.32 bits per heavy atom. The number of hydrogen-bond donors (Lipinski definition) is 2. The van der Waals surface area contributed by atoms with Crippen LogP contribution in [-0.2, 0) is 0 Å². The molecule has 0 bridgehead atoms. The van der Waals surface area contributed by atoms with Gasteiger partial charge < -0.3 is 10.6 Å². The molecule has 0 saturated heterocycles. The Labute approximate surface area is 127 Å². The van der Waals surface area contributed by atoms with Gasteiger partial charge in [0.1, 0.15) is 17.5 Å². The number of nitro benzene ring substituents is 1. The Kier molecular flexibility index (Phi) is 4.56. The van der Waals surface area contributed by atoms with E-state index in [0.29, 0.717) is 6.07 Å². The maximum absolute atomic E-state index is 13.6. The van der Waals surface area contributed by atoms with Crippen molar-refractivity contribution in [1.29, 1.82) is 0 Å². The first kappa shape index (κ1) is 15.7. The highest BCUT2D eigenvalue weighted by atomic mass is 32.1. The van der Waals surface area contributed by atoms with Crippen molar-refractivity contribution >= 4 is 34.4 Å². The Bertz CT molecular complexity index is 755. The van der Waals surface area contributed by atoms with Crippen molar-refractivity contribution in [2.24, 2.45) is 0 Å². The zero-order valence-corrected chi connectivity index (χ0v) is 11.6. The van der Waals surface area contributed by atoms with E-state index in [-0.39, 0.29) is 22.2 Å². The molecular formula is C13H8F3N3O2S. The van der Waals surface area contributed by atoms with Crippen LogP contribution in [-0.4, -0.2) is 10.0 Å². The molecule has 0 saturated carbocycles. The van der Waals surface area contributed by atoms with Crippen LogP contribution in [0.25, 0.3) is 0 Å². The van der Waals surface area contributed by atoms with Crippen molar-refractivity contribution in [3.05, 3.63) is 64.0 Å². The third-order valence-electron chi connectivity index (χ3n) is 2.59. The van der Waals surface area contributed by atoms with Gasteiger partial charge in [-0.3, -0.25) is 10.1 Å². The minimum Gasteiger partial charge on any atom is -0.330 e. The molecule has 114 valence electrons. The van der Waals surface area contributed by atoms with E-state index in [0.717, 1.165) is 30.3 Å². The first-order chi connectivity index (χ1) is 10.4. The van der Waals surface area contributed by atoms with Gasteiger partial charge >= 0.3 is 0 Å². The van der Waals surface area contributed by atoms with E-state index in [2.05, 4.69) is 10.6 Å². The Hall–Kier alpha value is -2.68. The highest BCUT2D eigenvalue weighted by molar-refractivity contribution is 7.80. The van der Waals surface area contributed by atoms with Gasteiger partial charge in [0.15, 0.2) is 5.11 Å². The van der Waals surface area contributed by atoms with E-state index in [1.54, 1.807) is 0 Å². The largest absolute Gasteiger partial charge is 0.330 e. The molecule has 0 radical (unpaired) electrons. The number of halogens is 3. The molecule has 9 heteroatoms. The molecule has 0 amide bonds. The SMILES string of the molecule is O=[N+]([O-])c1ccc(F)c(NC(=S)Nc2ccc(F)cc2F)c1. The molecule has 2 N–H and O–H groups in total. The van der Waals surface area contributed by atoms with Crippen LogP contribution >= 0.6 is 12.2 Å². The molecule has 0 heterocycles. The van der Waals surface area contributed by atoms with Crippen molar-refractivity contribution in [3.63, 3.8) is 0 Å². The fourth-order valence-electron chi connectivity index (χ4n) is 1.59. The van der Waals surface area contributed by atoms with E-state index in [9.17, 15) is 23.3 Å². The number of rotatable bonds is 3. The summed E-state index contributed by atoms with van der Waals surface area (Å²) in [4.78, 5) is 9.95. The maximum atomic E-state index is 13.6. The van der Waals surface area contributed by atoms with Gasteiger partial charge in [-0.1, -0.05) is 0 Å². The highest BCUT2D eigenvalue weighted by Crippen LogP contribution is 2.22. The molecule has 0 aliphatic heterocycles. The lowest BCUT2D eigenvalue weighted by Crippen LogP contribution is -2.20. The lowest BCUT2D eigenvalue weighted by atomic mass is 10.2. The van der Waals surface area contributed by atoms with Crippen LogP contribution in [0, 0.1) is 27.6 Å². The second-order valence-corrected chi connectivity index (χ2v) is 4.53. The van der Waals surface area contributed by atoms with Crippen LogP contribution in [0.4, 0.5) is 30.2 Å². The summed E-state index contributed by atoms with van der Waals surface area (Å²) in [6.45, 7) is 0. The van der Waals surface area contributed by atoms with E-state index >= 15 is 0 Å². The number of nitro groups is 1. The summed E-state index contributed by atoms with van der Waals surface area (Å²) in [6.07, 6.45) is 0. The quantitative estimate of drug-likeness (QED) is 0.510. The summed E-state index contributed by atoms with van der Waals surface area (Å²) in [6, 6.07) is 5.63. The fraction of sp³-hybridized carbons (Fsp3) is 0. The molecule has 5 nitrogen and oxygen atoms in total. The maximum Gasteiger partial charge on any atom is 0.271 e. The Morgan fingerprint density at radius 2 is 1.68 bits per heavy atom. The molecule has 0 aromatic heterocycles. The van der Waals surface area contributed by atoms with Gasteiger partial charge in [-0.15, -0.1) is 0 Å². The Morgan fingerprint density at radius 1 is 1.00 bits per heavy atom. The summed E-state index contributed by atoms with van der Waals surface area (Å²) in [5.41, 5.74) is -0.696.